The van der Waals surface area contributed by atoms with E-state index < -0.39 is 11.2 Å². The van der Waals surface area contributed by atoms with Gasteiger partial charge in [0.15, 0.2) is 16.9 Å². The lowest BCUT2D eigenvalue weighted by Gasteiger charge is -2.28. The first kappa shape index (κ1) is 17.2. The highest BCUT2D eigenvalue weighted by Gasteiger charge is 2.24. The van der Waals surface area contributed by atoms with Crippen LogP contribution in [0.3, 0.4) is 0 Å². The van der Waals surface area contributed by atoms with Gasteiger partial charge in [0.2, 0.25) is 5.95 Å². The van der Waals surface area contributed by atoms with Gasteiger partial charge in [-0.25, -0.2) is 4.79 Å². The Labute approximate surface area is 154 Å². The number of aromatic nitrogens is 4. The largest absolute Gasteiger partial charge is 0.340 e. The van der Waals surface area contributed by atoms with Crippen molar-refractivity contribution in [1.82, 2.24) is 24.4 Å². The number of carbonyl (C=O) groups excluding carboxylic acids is 1. The van der Waals surface area contributed by atoms with Crippen molar-refractivity contribution in [2.45, 2.75) is 6.54 Å². The SMILES string of the molecule is Cn1c(=O)[nH]c(=O)c2c1nc(N1CCNCC1)n2CC(=O)c1ccccc1. The van der Waals surface area contributed by atoms with Crippen LogP contribution in [-0.2, 0) is 13.6 Å². The molecule has 140 valence electrons. The van der Waals surface area contributed by atoms with Gasteiger partial charge in [-0.3, -0.25) is 23.7 Å². The number of aromatic amines is 1. The molecule has 0 aliphatic carbocycles. The molecule has 1 aliphatic rings. The third kappa shape index (κ3) is 3.06. The summed E-state index contributed by atoms with van der Waals surface area (Å²) in [7, 11) is 1.55. The zero-order valence-corrected chi connectivity index (χ0v) is 14.9. The van der Waals surface area contributed by atoms with Gasteiger partial charge in [-0.05, 0) is 0 Å². The maximum atomic E-state index is 12.8. The number of fused-ring (bicyclic) bond motifs is 1. The molecule has 1 aliphatic heterocycles. The van der Waals surface area contributed by atoms with Crippen LogP contribution in [0.2, 0.25) is 0 Å². The maximum absolute atomic E-state index is 12.8. The Morgan fingerprint density at radius 3 is 2.56 bits per heavy atom. The smallest absolute Gasteiger partial charge is 0.329 e. The van der Waals surface area contributed by atoms with Crippen LogP contribution in [-0.4, -0.2) is 51.1 Å². The number of nitrogens with one attached hydrogen (secondary N) is 2. The van der Waals surface area contributed by atoms with Crippen LogP contribution >= 0.6 is 0 Å². The molecule has 0 unspecified atom stereocenters. The minimum absolute atomic E-state index is 0.0267. The van der Waals surface area contributed by atoms with Gasteiger partial charge in [0.1, 0.15) is 0 Å². The van der Waals surface area contributed by atoms with Crippen molar-refractivity contribution in [1.29, 1.82) is 0 Å². The minimum Gasteiger partial charge on any atom is -0.340 e. The van der Waals surface area contributed by atoms with Crippen molar-refractivity contribution in [3.05, 3.63) is 56.7 Å². The van der Waals surface area contributed by atoms with Gasteiger partial charge in [-0.1, -0.05) is 30.3 Å². The summed E-state index contributed by atoms with van der Waals surface area (Å²) in [6.07, 6.45) is 0. The van der Waals surface area contributed by atoms with E-state index in [1.54, 1.807) is 35.9 Å². The summed E-state index contributed by atoms with van der Waals surface area (Å²) in [5.74, 6) is 0.405. The number of piperazine rings is 1. The van der Waals surface area contributed by atoms with Gasteiger partial charge in [0.05, 0.1) is 6.54 Å². The second-order valence-corrected chi connectivity index (χ2v) is 6.51. The molecule has 0 saturated carbocycles. The number of rotatable bonds is 4. The second-order valence-electron chi connectivity index (χ2n) is 6.51. The summed E-state index contributed by atoms with van der Waals surface area (Å²) in [5, 5.41) is 3.27. The van der Waals surface area contributed by atoms with Crippen LogP contribution in [0.25, 0.3) is 11.2 Å². The number of H-pyrrole nitrogens is 1. The average molecular weight is 368 g/mol. The fourth-order valence-electron chi connectivity index (χ4n) is 3.34. The van der Waals surface area contributed by atoms with Crippen molar-refractivity contribution in [2.75, 3.05) is 31.1 Å². The first-order valence-corrected chi connectivity index (χ1v) is 8.79. The number of Topliss-reactive ketones (excluding diaryl/α,β-unsaturated/α-hetero) is 1. The molecule has 0 bridgehead atoms. The highest BCUT2D eigenvalue weighted by molar-refractivity contribution is 5.96. The lowest BCUT2D eigenvalue weighted by Crippen LogP contribution is -2.44. The zero-order chi connectivity index (χ0) is 19.0. The molecular formula is C18H20N6O3. The summed E-state index contributed by atoms with van der Waals surface area (Å²) < 4.78 is 2.92. The lowest BCUT2D eigenvalue weighted by molar-refractivity contribution is 0.0973. The second kappa shape index (κ2) is 6.84. The van der Waals surface area contributed by atoms with E-state index >= 15 is 0 Å². The van der Waals surface area contributed by atoms with E-state index in [9.17, 15) is 14.4 Å². The van der Waals surface area contributed by atoms with Crippen LogP contribution in [0.15, 0.2) is 39.9 Å². The first-order chi connectivity index (χ1) is 13.1. The number of imidazole rings is 1. The molecule has 0 radical (unpaired) electrons. The molecular weight excluding hydrogens is 348 g/mol. The van der Waals surface area contributed by atoms with Gasteiger partial charge in [-0.15, -0.1) is 0 Å². The van der Waals surface area contributed by atoms with Crippen LogP contribution in [0, 0.1) is 0 Å². The number of nitrogens with zero attached hydrogens (tertiary/aromatic N) is 4. The molecule has 4 rings (SSSR count). The number of hydrogen-bond donors (Lipinski definition) is 2. The maximum Gasteiger partial charge on any atom is 0.329 e. The van der Waals surface area contributed by atoms with Gasteiger partial charge in [0.25, 0.3) is 5.56 Å². The Morgan fingerprint density at radius 1 is 1.15 bits per heavy atom. The first-order valence-electron chi connectivity index (χ1n) is 8.79. The topological polar surface area (TPSA) is 105 Å². The van der Waals surface area contributed by atoms with Crippen LogP contribution < -0.4 is 21.5 Å². The average Bonchev–Trinajstić information content (AvgIpc) is 3.07. The monoisotopic (exact) mass is 368 g/mol. The van der Waals surface area contributed by atoms with Crippen LogP contribution in [0.4, 0.5) is 5.95 Å². The standard InChI is InChI=1S/C18H20N6O3/c1-22-15-14(16(26)21-18(22)27)24(11-13(25)12-5-3-2-4-6-12)17(20-15)23-9-7-19-8-10-23/h2-6,19H,7-11H2,1H3,(H,21,26,27). The fraction of sp³-hybridized carbons (Fsp3) is 0.333. The van der Waals surface area contributed by atoms with E-state index in [0.717, 1.165) is 13.1 Å². The van der Waals surface area contributed by atoms with Crippen LogP contribution in [0.1, 0.15) is 10.4 Å². The highest BCUT2D eigenvalue weighted by Crippen LogP contribution is 2.20. The van der Waals surface area contributed by atoms with Gasteiger partial charge in [-0.2, -0.15) is 4.98 Å². The zero-order valence-electron chi connectivity index (χ0n) is 14.9. The predicted molar refractivity (Wildman–Crippen MR) is 101 cm³/mol. The van der Waals surface area contributed by atoms with E-state index in [1.807, 2.05) is 11.0 Å². The number of benzene rings is 1. The normalized spacial score (nSPS) is 14.6. The Morgan fingerprint density at radius 2 is 1.85 bits per heavy atom. The molecule has 0 spiro atoms. The fourth-order valence-corrected chi connectivity index (χ4v) is 3.34. The molecule has 9 nitrogen and oxygen atoms in total. The third-order valence-electron chi connectivity index (χ3n) is 4.78. The van der Waals surface area contributed by atoms with Crippen molar-refractivity contribution < 1.29 is 4.79 Å². The minimum atomic E-state index is -0.539. The number of anilines is 1. The van der Waals surface area contributed by atoms with E-state index in [-0.39, 0.29) is 23.5 Å². The molecule has 3 aromatic rings. The summed E-state index contributed by atoms with van der Waals surface area (Å²) in [6.45, 7) is 2.95. The Kier molecular flexibility index (Phi) is 4.36. The molecule has 3 heterocycles. The Hall–Kier alpha value is -3.20. The molecule has 1 fully saturated rings. The van der Waals surface area contributed by atoms with Gasteiger partial charge < -0.3 is 10.2 Å². The van der Waals surface area contributed by atoms with Crippen molar-refractivity contribution in [3.63, 3.8) is 0 Å². The number of ketones is 1. The summed E-state index contributed by atoms with van der Waals surface area (Å²) in [6, 6.07) is 8.92. The van der Waals surface area contributed by atoms with Gasteiger partial charge in [0, 0.05) is 38.8 Å². The molecule has 2 aromatic heterocycles. The van der Waals surface area contributed by atoms with Crippen molar-refractivity contribution in [3.8, 4) is 0 Å². The predicted octanol–water partition coefficient (Wildman–Crippen LogP) is -0.284. The Balaban J connectivity index is 1.88. The quantitative estimate of drug-likeness (QED) is 0.614. The van der Waals surface area contributed by atoms with Crippen LogP contribution in [0.5, 0.6) is 0 Å². The van der Waals surface area contributed by atoms with E-state index in [1.165, 1.54) is 4.57 Å². The summed E-state index contributed by atoms with van der Waals surface area (Å²) in [5.41, 5.74) is 0.00107. The third-order valence-corrected chi connectivity index (χ3v) is 4.78. The van der Waals surface area contributed by atoms with Crippen molar-refractivity contribution >= 4 is 22.9 Å². The number of aryl methyl sites for hydroxylation is 1. The Bertz CT molecular complexity index is 1110. The number of hydrogen-bond acceptors (Lipinski definition) is 6. The van der Waals surface area contributed by atoms with Gasteiger partial charge >= 0.3 is 5.69 Å². The van der Waals surface area contributed by atoms with E-state index in [0.29, 0.717) is 24.6 Å². The van der Waals surface area contributed by atoms with E-state index in [4.69, 9.17) is 0 Å². The molecule has 27 heavy (non-hydrogen) atoms. The number of carbonyl (C=O) groups is 1. The molecule has 1 saturated heterocycles. The van der Waals surface area contributed by atoms with Crippen molar-refractivity contribution in [2.24, 2.45) is 7.05 Å². The van der Waals surface area contributed by atoms with E-state index in [2.05, 4.69) is 15.3 Å². The summed E-state index contributed by atoms with van der Waals surface area (Å²) >= 11 is 0. The molecule has 1 aromatic carbocycles. The molecule has 0 amide bonds. The highest BCUT2D eigenvalue weighted by atomic mass is 16.2. The lowest BCUT2D eigenvalue weighted by atomic mass is 10.1. The summed E-state index contributed by atoms with van der Waals surface area (Å²) in [4.78, 5) is 46.2. The molecule has 2 N–H and O–H groups in total. The molecule has 0 atom stereocenters. The molecule has 9 heteroatoms.